The second kappa shape index (κ2) is 8.19. The first-order valence-electron chi connectivity index (χ1n) is 7.46. The molecule has 2 rings (SSSR count). The average Bonchev–Trinajstić information content (AvgIpc) is 2.59. The number of carbonyl (C=O) groups is 1. The van der Waals surface area contributed by atoms with Crippen LogP contribution >= 0.6 is 0 Å². The average molecular weight is 314 g/mol. The van der Waals surface area contributed by atoms with E-state index in [0.29, 0.717) is 13.2 Å². The van der Waals surface area contributed by atoms with E-state index in [9.17, 15) is 4.79 Å². The van der Waals surface area contributed by atoms with Gasteiger partial charge in [-0.25, -0.2) is 0 Å². The number of amides is 1. The predicted octanol–water partition coefficient (Wildman–Crippen LogP) is 2.24. The molecule has 0 saturated carbocycles. The molecule has 0 aliphatic rings. The van der Waals surface area contributed by atoms with E-state index in [4.69, 9.17) is 15.2 Å². The summed E-state index contributed by atoms with van der Waals surface area (Å²) in [7, 11) is 1.64. The molecule has 3 N–H and O–H groups in total. The quantitative estimate of drug-likeness (QED) is 0.784. The molecule has 0 aromatic heterocycles. The number of hydrogen-bond donors (Lipinski definition) is 2. The maximum absolute atomic E-state index is 11.0. The number of methoxy groups -OCH3 is 1. The fraction of sp³-hybridized carbons (Fsp3) is 0.278. The normalized spacial score (nSPS) is 11.7. The van der Waals surface area contributed by atoms with Crippen molar-refractivity contribution in [1.29, 1.82) is 0 Å². The summed E-state index contributed by atoms with van der Waals surface area (Å²) in [5.74, 6) is 1.25. The standard InChI is InChI=1S/C18H22N2O3/c1-13(18(19)21)20-11-14-3-5-15(6-4-14)12-23-17-9-7-16(22-2)8-10-17/h3-10,13,20H,11-12H2,1-2H3,(H2,19,21)/t13-/m0/s1. The van der Waals surface area contributed by atoms with Crippen LogP contribution in [0.3, 0.4) is 0 Å². The summed E-state index contributed by atoms with van der Waals surface area (Å²) in [6, 6.07) is 15.2. The summed E-state index contributed by atoms with van der Waals surface area (Å²) >= 11 is 0. The largest absolute Gasteiger partial charge is 0.497 e. The first-order valence-corrected chi connectivity index (χ1v) is 7.46. The number of nitrogens with two attached hydrogens (primary N) is 1. The van der Waals surface area contributed by atoms with E-state index in [-0.39, 0.29) is 11.9 Å². The molecule has 0 bridgehead atoms. The zero-order chi connectivity index (χ0) is 16.7. The minimum Gasteiger partial charge on any atom is -0.497 e. The van der Waals surface area contributed by atoms with E-state index in [1.54, 1.807) is 14.0 Å². The molecular weight excluding hydrogens is 292 g/mol. The Morgan fingerprint density at radius 2 is 1.61 bits per heavy atom. The SMILES string of the molecule is COc1ccc(OCc2ccc(CN[C@@H](C)C(N)=O)cc2)cc1. The Morgan fingerprint density at radius 3 is 2.17 bits per heavy atom. The van der Waals surface area contributed by atoms with E-state index in [0.717, 1.165) is 22.6 Å². The van der Waals surface area contributed by atoms with Crippen LogP contribution in [0.4, 0.5) is 0 Å². The Labute approximate surface area is 136 Å². The molecule has 5 nitrogen and oxygen atoms in total. The third kappa shape index (κ3) is 5.30. The van der Waals surface area contributed by atoms with Crippen LogP contribution in [-0.2, 0) is 17.9 Å². The van der Waals surface area contributed by atoms with Crippen LogP contribution in [0.25, 0.3) is 0 Å². The molecule has 0 spiro atoms. The monoisotopic (exact) mass is 314 g/mol. The molecule has 0 radical (unpaired) electrons. The fourth-order valence-corrected chi connectivity index (χ4v) is 1.96. The third-order valence-electron chi connectivity index (χ3n) is 3.53. The molecule has 2 aromatic rings. The summed E-state index contributed by atoms with van der Waals surface area (Å²) in [4.78, 5) is 11.0. The Balaban J connectivity index is 1.83. The lowest BCUT2D eigenvalue weighted by atomic mass is 10.1. The molecule has 0 aliphatic carbocycles. The van der Waals surface area contributed by atoms with Gasteiger partial charge >= 0.3 is 0 Å². The molecule has 23 heavy (non-hydrogen) atoms. The molecule has 1 amide bonds. The Morgan fingerprint density at radius 1 is 1.04 bits per heavy atom. The van der Waals surface area contributed by atoms with Gasteiger partial charge < -0.3 is 20.5 Å². The van der Waals surface area contributed by atoms with Crippen LogP contribution < -0.4 is 20.5 Å². The van der Waals surface area contributed by atoms with Crippen molar-refractivity contribution in [2.45, 2.75) is 26.1 Å². The van der Waals surface area contributed by atoms with E-state index >= 15 is 0 Å². The lowest BCUT2D eigenvalue weighted by Crippen LogP contribution is -2.38. The van der Waals surface area contributed by atoms with E-state index in [2.05, 4.69) is 5.32 Å². The van der Waals surface area contributed by atoms with Crippen LogP contribution in [-0.4, -0.2) is 19.1 Å². The Hall–Kier alpha value is -2.53. The summed E-state index contributed by atoms with van der Waals surface area (Å²) in [5, 5.41) is 3.07. The summed E-state index contributed by atoms with van der Waals surface area (Å²) < 4.78 is 10.8. The summed E-state index contributed by atoms with van der Waals surface area (Å²) in [6.07, 6.45) is 0. The van der Waals surface area contributed by atoms with Gasteiger partial charge in [0.1, 0.15) is 18.1 Å². The number of nitrogens with one attached hydrogen (secondary N) is 1. The Bertz CT molecular complexity index is 624. The van der Waals surface area contributed by atoms with Crippen molar-refractivity contribution in [3.63, 3.8) is 0 Å². The molecular formula is C18H22N2O3. The second-order valence-electron chi connectivity index (χ2n) is 5.29. The van der Waals surface area contributed by atoms with Crippen molar-refractivity contribution in [3.05, 3.63) is 59.7 Å². The van der Waals surface area contributed by atoms with Gasteiger partial charge in [0.15, 0.2) is 0 Å². The molecule has 0 aliphatic heterocycles. The zero-order valence-corrected chi connectivity index (χ0v) is 13.4. The first kappa shape index (κ1) is 16.8. The summed E-state index contributed by atoms with van der Waals surface area (Å²) in [5.41, 5.74) is 7.38. The van der Waals surface area contributed by atoms with Gasteiger partial charge in [-0.15, -0.1) is 0 Å². The minimum absolute atomic E-state index is 0.340. The smallest absolute Gasteiger partial charge is 0.234 e. The molecule has 0 saturated heterocycles. The van der Waals surface area contributed by atoms with Gasteiger partial charge in [0.25, 0.3) is 0 Å². The number of primary amides is 1. The van der Waals surface area contributed by atoms with Gasteiger partial charge in [-0.3, -0.25) is 4.79 Å². The van der Waals surface area contributed by atoms with Crippen molar-refractivity contribution < 1.29 is 14.3 Å². The van der Waals surface area contributed by atoms with Gasteiger partial charge in [-0.05, 0) is 42.3 Å². The predicted molar refractivity (Wildman–Crippen MR) is 89.3 cm³/mol. The van der Waals surface area contributed by atoms with Gasteiger partial charge in [0, 0.05) is 6.54 Å². The fourth-order valence-electron chi connectivity index (χ4n) is 1.96. The number of rotatable bonds is 8. The first-order chi connectivity index (χ1) is 11.1. The molecule has 0 fully saturated rings. The van der Waals surface area contributed by atoms with Crippen LogP contribution in [0, 0.1) is 0 Å². The summed E-state index contributed by atoms with van der Waals surface area (Å²) in [6.45, 7) is 2.85. The lowest BCUT2D eigenvalue weighted by molar-refractivity contribution is -0.119. The lowest BCUT2D eigenvalue weighted by Gasteiger charge is -2.11. The zero-order valence-electron chi connectivity index (χ0n) is 13.4. The highest BCUT2D eigenvalue weighted by atomic mass is 16.5. The van der Waals surface area contributed by atoms with Gasteiger partial charge in [-0.2, -0.15) is 0 Å². The molecule has 2 aromatic carbocycles. The highest BCUT2D eigenvalue weighted by Crippen LogP contribution is 2.18. The van der Waals surface area contributed by atoms with Crippen LogP contribution in [0.15, 0.2) is 48.5 Å². The van der Waals surface area contributed by atoms with Gasteiger partial charge in [-0.1, -0.05) is 24.3 Å². The topological polar surface area (TPSA) is 73.6 Å². The minimum atomic E-state index is -0.352. The molecule has 1 atom stereocenters. The molecule has 122 valence electrons. The number of hydrogen-bond acceptors (Lipinski definition) is 4. The number of carbonyl (C=O) groups excluding carboxylic acids is 1. The van der Waals surface area contributed by atoms with Crippen LogP contribution in [0.1, 0.15) is 18.1 Å². The van der Waals surface area contributed by atoms with Crippen molar-refractivity contribution in [2.24, 2.45) is 5.73 Å². The van der Waals surface area contributed by atoms with Crippen molar-refractivity contribution >= 4 is 5.91 Å². The van der Waals surface area contributed by atoms with E-state index in [1.807, 2.05) is 48.5 Å². The van der Waals surface area contributed by atoms with Gasteiger partial charge in [0.05, 0.1) is 13.2 Å². The third-order valence-corrected chi connectivity index (χ3v) is 3.53. The van der Waals surface area contributed by atoms with Crippen molar-refractivity contribution in [1.82, 2.24) is 5.32 Å². The van der Waals surface area contributed by atoms with Crippen molar-refractivity contribution in [3.8, 4) is 11.5 Å². The van der Waals surface area contributed by atoms with Crippen molar-refractivity contribution in [2.75, 3.05) is 7.11 Å². The van der Waals surface area contributed by atoms with E-state index in [1.165, 1.54) is 0 Å². The highest BCUT2D eigenvalue weighted by Gasteiger charge is 2.06. The maximum Gasteiger partial charge on any atom is 0.234 e. The Kier molecular flexibility index (Phi) is 6.00. The maximum atomic E-state index is 11.0. The van der Waals surface area contributed by atoms with Crippen LogP contribution in [0.2, 0.25) is 0 Å². The van der Waals surface area contributed by atoms with Crippen LogP contribution in [0.5, 0.6) is 11.5 Å². The van der Waals surface area contributed by atoms with E-state index < -0.39 is 0 Å². The molecule has 5 heteroatoms. The molecule has 0 unspecified atom stereocenters. The highest BCUT2D eigenvalue weighted by molar-refractivity contribution is 5.79. The number of ether oxygens (including phenoxy) is 2. The number of benzene rings is 2. The molecule has 0 heterocycles. The second-order valence-corrected chi connectivity index (χ2v) is 5.29. The van der Waals surface area contributed by atoms with Gasteiger partial charge in [0.2, 0.25) is 5.91 Å².